The number of allylic oxidation sites excluding steroid dienone is 2. The van der Waals surface area contributed by atoms with Crippen LogP contribution in [0.2, 0.25) is 0 Å². The highest BCUT2D eigenvalue weighted by atomic mass is 31.2. The average molecular weight is 760 g/mol. The number of aliphatic hydroxyl groups is 1. The van der Waals surface area contributed by atoms with Crippen LogP contribution < -0.4 is 5.32 Å². The van der Waals surface area contributed by atoms with Gasteiger partial charge in [-0.1, -0.05) is 174 Å². The van der Waals surface area contributed by atoms with Gasteiger partial charge in [0.15, 0.2) is 0 Å². The molecule has 0 aliphatic heterocycles. The van der Waals surface area contributed by atoms with E-state index in [1.165, 1.54) is 128 Å². The van der Waals surface area contributed by atoms with Crippen molar-refractivity contribution in [1.82, 2.24) is 5.32 Å². The molecule has 52 heavy (non-hydrogen) atoms. The largest absolute Gasteiger partial charge is 0.472 e. The number of hydrogen-bond donors (Lipinski definition) is 3. The molecule has 3 atom stereocenters. The maximum Gasteiger partial charge on any atom is 0.472 e. The number of rotatable bonds is 40. The van der Waals surface area contributed by atoms with Gasteiger partial charge in [-0.05, 0) is 38.5 Å². The average Bonchev–Trinajstić information content (AvgIpc) is 3.09. The molecule has 3 N–H and O–H groups in total. The molecule has 0 aromatic rings. The highest BCUT2D eigenvalue weighted by molar-refractivity contribution is 7.47. The third-order valence-corrected chi connectivity index (χ3v) is 11.0. The monoisotopic (exact) mass is 760 g/mol. The SMILES string of the molecule is CCCCCCCC/C=C/CCCCCCCC(=O)N[C@@H](COP(=O)(O)OCC[N+](C)(C)C)[C@H](O)CCCCCCCCCCCCCCCCC. The number of quaternary nitrogens is 1. The first-order chi connectivity index (χ1) is 25.0. The van der Waals surface area contributed by atoms with E-state index < -0.39 is 20.0 Å². The predicted octanol–water partition coefficient (Wildman–Crippen LogP) is 12.0. The Bertz CT molecular complexity index is 865. The highest BCUT2D eigenvalue weighted by Gasteiger charge is 2.28. The normalized spacial score (nSPS) is 14.5. The van der Waals surface area contributed by atoms with E-state index >= 15 is 0 Å². The van der Waals surface area contributed by atoms with Crippen LogP contribution in [0.15, 0.2) is 12.2 Å². The van der Waals surface area contributed by atoms with E-state index in [4.69, 9.17) is 9.05 Å². The Morgan fingerprint density at radius 2 is 1.04 bits per heavy atom. The van der Waals surface area contributed by atoms with Gasteiger partial charge in [0, 0.05) is 6.42 Å². The molecule has 0 bridgehead atoms. The number of carbonyl (C=O) groups excluding carboxylic acids is 1. The van der Waals surface area contributed by atoms with Crippen LogP contribution in [0.1, 0.15) is 206 Å². The number of nitrogens with one attached hydrogen (secondary N) is 1. The molecule has 0 spiro atoms. The van der Waals surface area contributed by atoms with E-state index in [0.717, 1.165) is 51.4 Å². The zero-order chi connectivity index (χ0) is 38.6. The molecule has 0 saturated carbocycles. The fourth-order valence-corrected chi connectivity index (χ4v) is 7.19. The summed E-state index contributed by atoms with van der Waals surface area (Å²) in [6, 6.07) is -0.759. The van der Waals surface area contributed by atoms with Crippen molar-refractivity contribution < 1.29 is 32.9 Å². The van der Waals surface area contributed by atoms with E-state index in [2.05, 4.69) is 31.3 Å². The van der Waals surface area contributed by atoms with Crippen molar-refractivity contribution in [3.63, 3.8) is 0 Å². The van der Waals surface area contributed by atoms with E-state index in [1.54, 1.807) is 0 Å². The molecule has 310 valence electrons. The van der Waals surface area contributed by atoms with Gasteiger partial charge in [0.2, 0.25) is 5.91 Å². The van der Waals surface area contributed by atoms with Gasteiger partial charge < -0.3 is 19.8 Å². The molecule has 0 aliphatic rings. The van der Waals surface area contributed by atoms with Crippen molar-refractivity contribution in [2.45, 2.75) is 219 Å². The third-order valence-electron chi connectivity index (χ3n) is 10.0. The topological polar surface area (TPSA) is 105 Å². The minimum Gasteiger partial charge on any atom is -0.391 e. The first kappa shape index (κ1) is 51.2. The van der Waals surface area contributed by atoms with Crippen molar-refractivity contribution in [2.24, 2.45) is 0 Å². The van der Waals surface area contributed by atoms with Crippen LogP contribution in [0.25, 0.3) is 0 Å². The first-order valence-electron chi connectivity index (χ1n) is 22.1. The summed E-state index contributed by atoms with van der Waals surface area (Å²) in [6.45, 7) is 4.88. The number of phosphoric acid groups is 1. The lowest BCUT2D eigenvalue weighted by molar-refractivity contribution is -0.870. The van der Waals surface area contributed by atoms with Gasteiger partial charge in [0.05, 0.1) is 39.9 Å². The number of likely N-dealkylation sites (N-methyl/N-ethyl adjacent to an activating group) is 1. The Morgan fingerprint density at radius 3 is 1.48 bits per heavy atom. The number of amides is 1. The molecule has 1 unspecified atom stereocenters. The Morgan fingerprint density at radius 1 is 0.635 bits per heavy atom. The molecular weight excluding hydrogens is 671 g/mol. The first-order valence-corrected chi connectivity index (χ1v) is 23.5. The van der Waals surface area contributed by atoms with E-state index in [0.29, 0.717) is 23.9 Å². The Labute approximate surface area is 322 Å². The quantitative estimate of drug-likeness (QED) is 0.0249. The van der Waals surface area contributed by atoms with Crippen LogP contribution in [0, 0.1) is 0 Å². The van der Waals surface area contributed by atoms with E-state index in [1.807, 2.05) is 21.1 Å². The van der Waals surface area contributed by atoms with Crippen LogP contribution >= 0.6 is 7.82 Å². The Kier molecular flexibility index (Phi) is 35.4. The molecular formula is C43H88N2O6P+. The van der Waals surface area contributed by atoms with Crippen LogP contribution in [-0.4, -0.2) is 73.4 Å². The summed E-state index contributed by atoms with van der Waals surface area (Å²) < 4.78 is 23.6. The van der Waals surface area contributed by atoms with Gasteiger partial charge in [-0.3, -0.25) is 13.8 Å². The Hall–Kier alpha value is -0.760. The van der Waals surface area contributed by atoms with Gasteiger partial charge in [0.25, 0.3) is 0 Å². The van der Waals surface area contributed by atoms with Crippen molar-refractivity contribution in [1.29, 1.82) is 0 Å². The second-order valence-corrected chi connectivity index (χ2v) is 17.9. The lowest BCUT2D eigenvalue weighted by Gasteiger charge is -2.26. The number of phosphoric ester groups is 1. The van der Waals surface area contributed by atoms with Gasteiger partial charge in [-0.15, -0.1) is 0 Å². The number of aliphatic hydroxyl groups excluding tert-OH is 1. The molecule has 9 heteroatoms. The fourth-order valence-electron chi connectivity index (χ4n) is 6.45. The summed E-state index contributed by atoms with van der Waals surface area (Å²) >= 11 is 0. The molecule has 0 aromatic carbocycles. The maximum atomic E-state index is 12.9. The molecule has 0 aromatic heterocycles. The molecule has 0 aliphatic carbocycles. The zero-order valence-corrected chi connectivity index (χ0v) is 36.0. The maximum absolute atomic E-state index is 12.9. The number of carbonyl (C=O) groups is 1. The predicted molar refractivity (Wildman–Crippen MR) is 222 cm³/mol. The van der Waals surface area contributed by atoms with Crippen LogP contribution in [-0.2, 0) is 18.4 Å². The van der Waals surface area contributed by atoms with Gasteiger partial charge in [-0.25, -0.2) is 4.57 Å². The molecule has 0 rings (SSSR count). The van der Waals surface area contributed by atoms with Crippen LogP contribution in [0.3, 0.4) is 0 Å². The Balaban J connectivity index is 4.38. The fraction of sp³-hybridized carbons (Fsp3) is 0.930. The molecule has 1 amide bonds. The summed E-state index contributed by atoms with van der Waals surface area (Å²) in [5, 5.41) is 13.9. The van der Waals surface area contributed by atoms with Gasteiger partial charge in [-0.2, -0.15) is 0 Å². The second kappa shape index (κ2) is 35.9. The summed E-state index contributed by atoms with van der Waals surface area (Å²) in [6.07, 6.45) is 39.4. The molecule has 0 heterocycles. The summed E-state index contributed by atoms with van der Waals surface area (Å²) in [5.41, 5.74) is 0. The second-order valence-electron chi connectivity index (χ2n) is 16.4. The highest BCUT2D eigenvalue weighted by Crippen LogP contribution is 2.43. The molecule has 0 radical (unpaired) electrons. The lowest BCUT2D eigenvalue weighted by atomic mass is 10.0. The van der Waals surface area contributed by atoms with E-state index in [9.17, 15) is 19.4 Å². The minimum atomic E-state index is -4.31. The molecule has 0 saturated heterocycles. The minimum absolute atomic E-state index is 0.0749. The molecule has 8 nitrogen and oxygen atoms in total. The number of hydrogen-bond acceptors (Lipinski definition) is 5. The summed E-state index contributed by atoms with van der Waals surface area (Å²) in [5.74, 6) is -0.152. The number of unbranched alkanes of at least 4 members (excludes halogenated alkanes) is 25. The van der Waals surface area contributed by atoms with Crippen molar-refractivity contribution >= 4 is 13.7 Å². The summed E-state index contributed by atoms with van der Waals surface area (Å²) in [7, 11) is 1.61. The van der Waals surface area contributed by atoms with Crippen molar-refractivity contribution in [3.8, 4) is 0 Å². The number of nitrogens with zero attached hydrogens (tertiary/aromatic N) is 1. The van der Waals surface area contributed by atoms with Crippen LogP contribution in [0.5, 0.6) is 0 Å². The van der Waals surface area contributed by atoms with Crippen molar-refractivity contribution in [3.05, 3.63) is 12.2 Å². The van der Waals surface area contributed by atoms with Crippen LogP contribution in [0.4, 0.5) is 0 Å². The van der Waals surface area contributed by atoms with Crippen molar-refractivity contribution in [2.75, 3.05) is 40.9 Å². The summed E-state index contributed by atoms with van der Waals surface area (Å²) in [4.78, 5) is 23.1. The zero-order valence-electron chi connectivity index (χ0n) is 35.1. The standard InChI is InChI=1S/C43H87N2O6P/c1-6-8-10-12-14-16-18-20-22-24-26-28-30-32-34-36-42(46)41(40-51-52(48,49)50-39-38-45(3,4)5)44-43(47)37-35-33-31-29-27-25-23-21-19-17-15-13-11-9-7-2/h21,23,41-42,46H,6-20,22,24-40H2,1-5H3,(H-,44,47,48,49)/p+1/b23-21+/t41-,42+/m0/s1. The van der Waals surface area contributed by atoms with Gasteiger partial charge in [0.1, 0.15) is 13.2 Å². The van der Waals surface area contributed by atoms with Gasteiger partial charge >= 0.3 is 7.82 Å². The smallest absolute Gasteiger partial charge is 0.391 e. The van der Waals surface area contributed by atoms with E-state index in [-0.39, 0.29) is 19.1 Å². The molecule has 0 fully saturated rings. The third kappa shape index (κ3) is 37.6. The lowest BCUT2D eigenvalue weighted by Crippen LogP contribution is -2.46.